The molecule has 96 valence electrons. The van der Waals surface area contributed by atoms with Crippen LogP contribution in [-0.2, 0) is 4.18 Å². The average Bonchev–Trinajstić information content (AvgIpc) is 2.22. The van der Waals surface area contributed by atoms with Crippen LogP contribution in [0.5, 0.6) is 0 Å². The topological polar surface area (TPSA) is 9.23 Å². The zero-order valence-corrected chi connectivity index (χ0v) is 12.7. The largest absolute Gasteiger partial charge is 0.322 e. The minimum atomic E-state index is 0.932. The zero-order valence-electron chi connectivity index (χ0n) is 11.8. The molecule has 2 heteroatoms. The fourth-order valence-electron chi connectivity index (χ4n) is 1.46. The van der Waals surface area contributed by atoms with Crippen LogP contribution in [0.3, 0.4) is 0 Å². The Kier molecular flexibility index (Phi) is 27.3. The molecule has 0 aromatic heterocycles. The summed E-state index contributed by atoms with van der Waals surface area (Å²) in [5, 5.41) is 0. The molecule has 2 unspecified atom stereocenters. The van der Waals surface area contributed by atoms with Gasteiger partial charge in [0.15, 0.2) is 0 Å². The van der Waals surface area contributed by atoms with Crippen LogP contribution in [0.4, 0.5) is 0 Å². The van der Waals surface area contributed by atoms with Crippen LogP contribution in [0, 0.1) is 11.8 Å². The van der Waals surface area contributed by atoms with Crippen molar-refractivity contribution in [3.8, 4) is 0 Å². The van der Waals surface area contributed by atoms with Crippen molar-refractivity contribution in [2.45, 2.75) is 67.2 Å². The maximum absolute atomic E-state index is 3.94. The molecule has 0 bridgehead atoms. The first-order valence-electron chi connectivity index (χ1n) is 6.29. The molecule has 0 rings (SSSR count). The summed E-state index contributed by atoms with van der Waals surface area (Å²) in [6.07, 6.45) is 5.51. The van der Waals surface area contributed by atoms with E-state index >= 15 is 0 Å². The first kappa shape index (κ1) is 20.7. The van der Waals surface area contributed by atoms with Crippen LogP contribution in [0.15, 0.2) is 0 Å². The molecule has 0 aliphatic carbocycles. The van der Waals surface area contributed by atoms with Crippen LogP contribution in [0.25, 0.3) is 0 Å². The van der Waals surface area contributed by atoms with Gasteiger partial charge >= 0.3 is 0 Å². The summed E-state index contributed by atoms with van der Waals surface area (Å²) in [5.41, 5.74) is 0. The molecule has 0 fully saturated rings. The quantitative estimate of drug-likeness (QED) is 0.499. The van der Waals surface area contributed by atoms with E-state index in [0.29, 0.717) is 0 Å². The number of hydrogen-bond donors (Lipinski definition) is 1. The second-order valence-corrected chi connectivity index (χ2v) is 4.19. The lowest BCUT2D eigenvalue weighted by atomic mass is 9.92. The Hall–Kier alpha value is 0.310. The Bertz CT molecular complexity index is 86.6. The summed E-state index contributed by atoms with van der Waals surface area (Å²) in [4.78, 5) is 0. The Balaban J connectivity index is -0.000000245. The molecule has 15 heavy (non-hydrogen) atoms. The van der Waals surface area contributed by atoms with E-state index in [-0.39, 0.29) is 0 Å². The third-order valence-electron chi connectivity index (χ3n) is 2.28. The highest BCUT2D eigenvalue weighted by atomic mass is 32.1. The van der Waals surface area contributed by atoms with Crippen LogP contribution in [-0.4, -0.2) is 7.11 Å². The Morgan fingerprint density at radius 1 is 1.07 bits per heavy atom. The van der Waals surface area contributed by atoms with Gasteiger partial charge in [-0.05, 0) is 31.2 Å². The molecule has 2 atom stereocenters. The first-order valence-corrected chi connectivity index (χ1v) is 6.66. The van der Waals surface area contributed by atoms with Crippen molar-refractivity contribution in [2.75, 3.05) is 7.11 Å². The molecule has 0 heterocycles. The maximum atomic E-state index is 3.94. The minimum Gasteiger partial charge on any atom is -0.322 e. The molecule has 1 nitrogen and oxygen atoms in total. The lowest BCUT2D eigenvalue weighted by Crippen LogP contribution is -2.01. The van der Waals surface area contributed by atoms with Crippen molar-refractivity contribution in [3.63, 3.8) is 0 Å². The van der Waals surface area contributed by atoms with Gasteiger partial charge in [0.1, 0.15) is 0 Å². The Morgan fingerprint density at radius 2 is 1.47 bits per heavy atom. The molecular formula is C13H32OS. The lowest BCUT2D eigenvalue weighted by Gasteiger charge is -2.14. The predicted molar refractivity (Wildman–Crippen MR) is 75.5 cm³/mol. The number of hydrogen-bond acceptors (Lipinski definition) is 2. The van der Waals surface area contributed by atoms with Crippen molar-refractivity contribution >= 4 is 12.9 Å². The normalized spacial score (nSPS) is 12.8. The molecular weight excluding hydrogens is 204 g/mol. The van der Waals surface area contributed by atoms with Crippen molar-refractivity contribution < 1.29 is 4.18 Å². The third-order valence-corrected chi connectivity index (χ3v) is 2.28. The summed E-state index contributed by atoms with van der Waals surface area (Å²) < 4.78 is 3.94. The third kappa shape index (κ3) is 25.0. The minimum absolute atomic E-state index is 0.932. The fraction of sp³-hybridized carbons (Fsp3) is 1.00. The molecule has 0 aromatic carbocycles. The second-order valence-electron chi connectivity index (χ2n) is 3.83. The SMILES string of the molecule is CC.CCCC(C)CC(C)CC.COS. The molecule has 0 saturated heterocycles. The van der Waals surface area contributed by atoms with Crippen molar-refractivity contribution in [1.82, 2.24) is 0 Å². The highest BCUT2D eigenvalue weighted by molar-refractivity contribution is 7.75. The number of thiol groups is 1. The van der Waals surface area contributed by atoms with E-state index in [0.717, 1.165) is 11.8 Å². The zero-order chi connectivity index (χ0) is 12.7. The summed E-state index contributed by atoms with van der Waals surface area (Å²) >= 11 is 3.29. The van der Waals surface area contributed by atoms with Gasteiger partial charge in [-0.1, -0.05) is 60.8 Å². The van der Waals surface area contributed by atoms with Crippen LogP contribution in [0.1, 0.15) is 67.2 Å². The summed E-state index contributed by atoms with van der Waals surface area (Å²) in [6.45, 7) is 13.3. The Morgan fingerprint density at radius 3 is 1.73 bits per heavy atom. The molecule has 0 spiro atoms. The van der Waals surface area contributed by atoms with Crippen molar-refractivity contribution in [3.05, 3.63) is 0 Å². The van der Waals surface area contributed by atoms with E-state index in [2.05, 4.69) is 44.8 Å². The van der Waals surface area contributed by atoms with Gasteiger partial charge in [-0.3, -0.25) is 0 Å². The summed E-state index contributed by atoms with van der Waals surface area (Å²) in [7, 11) is 1.49. The van der Waals surface area contributed by atoms with Gasteiger partial charge in [0.2, 0.25) is 0 Å². The second kappa shape index (κ2) is 19.8. The van der Waals surface area contributed by atoms with E-state index in [1.165, 1.54) is 32.8 Å². The fourth-order valence-corrected chi connectivity index (χ4v) is 1.46. The highest BCUT2D eigenvalue weighted by Gasteiger charge is 2.04. The molecule has 0 saturated carbocycles. The van der Waals surface area contributed by atoms with E-state index in [1.807, 2.05) is 13.8 Å². The van der Waals surface area contributed by atoms with Gasteiger partial charge in [-0.25, -0.2) is 0 Å². The summed E-state index contributed by atoms with van der Waals surface area (Å²) in [6, 6.07) is 0. The average molecular weight is 236 g/mol. The molecule has 0 N–H and O–H groups in total. The molecule has 0 aliphatic heterocycles. The monoisotopic (exact) mass is 236 g/mol. The lowest BCUT2D eigenvalue weighted by molar-refractivity contribution is 0.384. The van der Waals surface area contributed by atoms with Crippen molar-refractivity contribution in [1.29, 1.82) is 0 Å². The van der Waals surface area contributed by atoms with Gasteiger partial charge in [-0.2, -0.15) is 0 Å². The van der Waals surface area contributed by atoms with Gasteiger partial charge in [0.05, 0.1) is 0 Å². The van der Waals surface area contributed by atoms with Gasteiger partial charge in [-0.15, -0.1) is 0 Å². The van der Waals surface area contributed by atoms with E-state index in [4.69, 9.17) is 0 Å². The first-order chi connectivity index (χ1) is 7.12. The van der Waals surface area contributed by atoms with Gasteiger partial charge < -0.3 is 4.18 Å². The summed E-state index contributed by atoms with van der Waals surface area (Å²) in [5.74, 6) is 1.88. The van der Waals surface area contributed by atoms with E-state index in [9.17, 15) is 0 Å². The van der Waals surface area contributed by atoms with Crippen LogP contribution in [0.2, 0.25) is 0 Å². The smallest absolute Gasteiger partial charge is 0.0500 e. The maximum Gasteiger partial charge on any atom is 0.0500 e. The molecule has 0 aromatic rings. The van der Waals surface area contributed by atoms with Crippen LogP contribution >= 0.6 is 12.9 Å². The van der Waals surface area contributed by atoms with E-state index < -0.39 is 0 Å². The molecule has 0 radical (unpaired) electrons. The standard InChI is InChI=1S/C10H22.C2H6.CH4OS/c1-5-7-10(4)8-9(3)6-2;1-2;1-2-3/h9-10H,5-8H2,1-4H3;1-2H3;3H,1H3. The molecule has 0 amide bonds. The highest BCUT2D eigenvalue weighted by Crippen LogP contribution is 2.18. The predicted octanol–water partition coefficient (Wildman–Crippen LogP) is 5.36. The van der Waals surface area contributed by atoms with Crippen molar-refractivity contribution in [2.24, 2.45) is 11.8 Å². The number of rotatable bonds is 5. The Labute approximate surface area is 104 Å². The molecule has 0 aliphatic rings. The van der Waals surface area contributed by atoms with E-state index in [1.54, 1.807) is 0 Å². The van der Waals surface area contributed by atoms with Crippen LogP contribution < -0.4 is 0 Å². The van der Waals surface area contributed by atoms with Gasteiger partial charge in [0, 0.05) is 7.11 Å². The van der Waals surface area contributed by atoms with Gasteiger partial charge in [0.25, 0.3) is 0 Å².